The molecule has 0 heterocycles. The summed E-state index contributed by atoms with van der Waals surface area (Å²) in [7, 11) is 0. The van der Waals surface area contributed by atoms with E-state index in [2.05, 4.69) is 0 Å². The second-order valence-electron chi connectivity index (χ2n) is 6.55. The van der Waals surface area contributed by atoms with Crippen molar-refractivity contribution in [2.75, 3.05) is 6.61 Å². The van der Waals surface area contributed by atoms with E-state index in [1.165, 1.54) is 6.92 Å². The molecule has 25 heavy (non-hydrogen) atoms. The molecule has 0 saturated carbocycles. The molecule has 0 aromatic heterocycles. The third-order valence-corrected chi connectivity index (χ3v) is 3.14. The Balaban J connectivity index is 2.88. The summed E-state index contributed by atoms with van der Waals surface area (Å²) in [5.41, 5.74) is -0.0166. The number of hydrogen-bond donors (Lipinski definition) is 1. The lowest BCUT2D eigenvalue weighted by molar-refractivity contribution is -0.182. The number of benzene rings is 1. The maximum absolute atomic E-state index is 12.6. The molecular formula is C18H25NO6. The first-order valence-corrected chi connectivity index (χ1v) is 8.00. The highest BCUT2D eigenvalue weighted by atomic mass is 16.7. The van der Waals surface area contributed by atoms with Gasteiger partial charge in [0.05, 0.1) is 6.61 Å². The summed E-state index contributed by atoms with van der Waals surface area (Å²) < 4.78 is 9.95. The number of rotatable bonds is 7. The number of carbonyl (C=O) groups excluding carboxylic acids is 3. The van der Waals surface area contributed by atoms with Crippen LogP contribution in [-0.2, 0) is 30.3 Å². The van der Waals surface area contributed by atoms with Crippen molar-refractivity contribution in [3.8, 4) is 0 Å². The number of esters is 1. The van der Waals surface area contributed by atoms with E-state index in [1.54, 1.807) is 52.0 Å². The van der Waals surface area contributed by atoms with Crippen LogP contribution in [-0.4, -0.2) is 35.7 Å². The standard InChI is InChI=1S/C18H25NO6/c1-6-23-15(21)18(5,25-19-16(22)24-17(2,3)4)14(20)12-13-10-8-7-9-11-13/h7-11H,6,12H2,1-5H3,(H,19,22). The van der Waals surface area contributed by atoms with Crippen LogP contribution in [0.5, 0.6) is 0 Å². The van der Waals surface area contributed by atoms with Crippen LogP contribution in [0, 0.1) is 0 Å². The zero-order chi connectivity index (χ0) is 19.1. The third kappa shape index (κ3) is 6.54. The fourth-order valence-electron chi connectivity index (χ4n) is 1.87. The Hall–Kier alpha value is -2.41. The Morgan fingerprint density at radius 1 is 1.04 bits per heavy atom. The van der Waals surface area contributed by atoms with E-state index in [0.717, 1.165) is 0 Å². The van der Waals surface area contributed by atoms with Crippen molar-refractivity contribution in [1.82, 2.24) is 5.48 Å². The van der Waals surface area contributed by atoms with E-state index in [4.69, 9.17) is 14.3 Å². The van der Waals surface area contributed by atoms with Crippen LogP contribution >= 0.6 is 0 Å². The molecule has 0 fully saturated rings. The van der Waals surface area contributed by atoms with Crippen LogP contribution in [0.3, 0.4) is 0 Å². The van der Waals surface area contributed by atoms with Crippen molar-refractivity contribution >= 4 is 17.8 Å². The minimum Gasteiger partial charge on any atom is -0.463 e. The average Bonchev–Trinajstić information content (AvgIpc) is 2.52. The number of Topliss-reactive ketones (excluding diaryl/α,β-unsaturated/α-hetero) is 1. The predicted octanol–water partition coefficient (Wildman–Crippen LogP) is 2.58. The van der Waals surface area contributed by atoms with E-state index in [9.17, 15) is 14.4 Å². The number of amides is 1. The van der Waals surface area contributed by atoms with Crippen molar-refractivity contribution < 1.29 is 28.7 Å². The van der Waals surface area contributed by atoms with Crippen LogP contribution in [0.2, 0.25) is 0 Å². The minimum absolute atomic E-state index is 0.0495. The van der Waals surface area contributed by atoms with Crippen molar-refractivity contribution in [3.05, 3.63) is 35.9 Å². The lowest BCUT2D eigenvalue weighted by Crippen LogP contribution is -2.52. The lowest BCUT2D eigenvalue weighted by Gasteiger charge is -2.26. The van der Waals surface area contributed by atoms with E-state index >= 15 is 0 Å². The maximum Gasteiger partial charge on any atom is 0.431 e. The second kappa shape index (κ2) is 8.62. The van der Waals surface area contributed by atoms with E-state index in [1.807, 2.05) is 11.5 Å². The Kier molecular flexibility index (Phi) is 7.11. The highest BCUT2D eigenvalue weighted by Crippen LogP contribution is 2.17. The van der Waals surface area contributed by atoms with Crippen LogP contribution in [0.1, 0.15) is 40.2 Å². The van der Waals surface area contributed by atoms with Crippen LogP contribution in [0.15, 0.2) is 30.3 Å². The second-order valence-corrected chi connectivity index (χ2v) is 6.55. The Bertz CT molecular complexity index is 608. The lowest BCUT2D eigenvalue weighted by atomic mass is 9.95. The van der Waals surface area contributed by atoms with Crippen molar-refractivity contribution in [2.24, 2.45) is 0 Å². The SMILES string of the molecule is CCOC(=O)C(C)(ONC(=O)OC(C)(C)C)C(=O)Cc1ccccc1. The van der Waals surface area contributed by atoms with Gasteiger partial charge in [-0.25, -0.2) is 14.4 Å². The van der Waals surface area contributed by atoms with Gasteiger partial charge in [0.15, 0.2) is 5.78 Å². The van der Waals surface area contributed by atoms with Crippen LogP contribution < -0.4 is 5.48 Å². The minimum atomic E-state index is -1.98. The summed E-state index contributed by atoms with van der Waals surface area (Å²) in [5.74, 6) is -1.43. The first-order chi connectivity index (χ1) is 11.6. The monoisotopic (exact) mass is 351 g/mol. The first kappa shape index (κ1) is 20.6. The number of carbonyl (C=O) groups is 3. The smallest absolute Gasteiger partial charge is 0.431 e. The maximum atomic E-state index is 12.6. The molecule has 0 aliphatic rings. The highest BCUT2D eigenvalue weighted by Gasteiger charge is 2.45. The zero-order valence-corrected chi connectivity index (χ0v) is 15.3. The fourth-order valence-corrected chi connectivity index (χ4v) is 1.87. The van der Waals surface area contributed by atoms with E-state index < -0.39 is 29.0 Å². The summed E-state index contributed by atoms with van der Waals surface area (Å²) in [6, 6.07) is 8.89. The van der Waals surface area contributed by atoms with Crippen molar-refractivity contribution in [3.63, 3.8) is 0 Å². The molecule has 1 rings (SSSR count). The fraction of sp³-hybridized carbons (Fsp3) is 0.500. The number of ether oxygens (including phenoxy) is 2. The Morgan fingerprint density at radius 3 is 2.16 bits per heavy atom. The molecule has 0 saturated heterocycles. The molecule has 0 spiro atoms. The van der Waals surface area contributed by atoms with E-state index in [0.29, 0.717) is 5.56 Å². The van der Waals surface area contributed by atoms with Gasteiger partial charge >= 0.3 is 12.1 Å². The summed E-state index contributed by atoms with van der Waals surface area (Å²) in [6.45, 7) is 7.98. The van der Waals surface area contributed by atoms with Gasteiger partial charge in [0.25, 0.3) is 0 Å². The third-order valence-electron chi connectivity index (χ3n) is 3.14. The molecule has 0 radical (unpaired) electrons. The van der Waals surface area contributed by atoms with Crippen LogP contribution in [0.4, 0.5) is 4.79 Å². The molecule has 1 atom stereocenters. The normalized spacial score (nSPS) is 13.5. The quantitative estimate of drug-likeness (QED) is 0.461. The van der Waals surface area contributed by atoms with Gasteiger partial charge < -0.3 is 9.47 Å². The number of ketones is 1. The largest absolute Gasteiger partial charge is 0.463 e. The molecule has 1 aromatic carbocycles. The molecule has 1 unspecified atom stereocenters. The van der Waals surface area contributed by atoms with Gasteiger partial charge in [0.1, 0.15) is 5.60 Å². The predicted molar refractivity (Wildman–Crippen MR) is 90.6 cm³/mol. The molecule has 0 aliphatic carbocycles. The molecule has 138 valence electrons. The van der Waals surface area contributed by atoms with Gasteiger partial charge in [-0.05, 0) is 40.2 Å². The molecule has 7 nitrogen and oxygen atoms in total. The average molecular weight is 351 g/mol. The van der Waals surface area contributed by atoms with Crippen molar-refractivity contribution in [1.29, 1.82) is 0 Å². The van der Waals surface area contributed by atoms with Crippen LogP contribution in [0.25, 0.3) is 0 Å². The summed E-state index contributed by atoms with van der Waals surface area (Å²) in [6.07, 6.45) is -0.956. The first-order valence-electron chi connectivity index (χ1n) is 8.00. The number of hydrogen-bond acceptors (Lipinski definition) is 6. The molecule has 1 amide bonds. The number of hydroxylamine groups is 1. The van der Waals surface area contributed by atoms with Gasteiger partial charge in [-0.2, -0.15) is 5.48 Å². The molecular weight excluding hydrogens is 326 g/mol. The Morgan fingerprint density at radius 2 is 1.64 bits per heavy atom. The van der Waals surface area contributed by atoms with Gasteiger partial charge in [-0.3, -0.25) is 4.79 Å². The topological polar surface area (TPSA) is 90.9 Å². The number of nitrogens with one attached hydrogen (secondary N) is 1. The molecule has 1 aromatic rings. The summed E-state index contributed by atoms with van der Waals surface area (Å²) in [4.78, 5) is 41.7. The van der Waals surface area contributed by atoms with Gasteiger partial charge in [-0.15, -0.1) is 0 Å². The molecule has 7 heteroatoms. The highest BCUT2D eigenvalue weighted by molar-refractivity contribution is 6.07. The Labute approximate surface area is 147 Å². The van der Waals surface area contributed by atoms with E-state index in [-0.39, 0.29) is 13.0 Å². The van der Waals surface area contributed by atoms with Gasteiger partial charge in [0, 0.05) is 6.42 Å². The van der Waals surface area contributed by atoms with Gasteiger partial charge in [-0.1, -0.05) is 30.3 Å². The van der Waals surface area contributed by atoms with Gasteiger partial charge in [0.2, 0.25) is 5.60 Å². The molecule has 0 aliphatic heterocycles. The summed E-state index contributed by atoms with van der Waals surface area (Å²) >= 11 is 0. The summed E-state index contributed by atoms with van der Waals surface area (Å²) in [5, 5.41) is 0. The molecule has 1 N–H and O–H groups in total. The zero-order valence-electron chi connectivity index (χ0n) is 15.3. The molecule has 0 bridgehead atoms. The van der Waals surface area contributed by atoms with Crippen molar-refractivity contribution in [2.45, 2.75) is 52.2 Å².